The summed E-state index contributed by atoms with van der Waals surface area (Å²) in [5, 5.41) is 0.432. The van der Waals surface area contributed by atoms with Crippen molar-refractivity contribution in [3.63, 3.8) is 0 Å². The number of nitrogens with zero attached hydrogens (tertiary/aromatic N) is 2. The molecule has 0 saturated heterocycles. The first-order valence-corrected chi connectivity index (χ1v) is 7.32. The maximum absolute atomic E-state index is 12.4. The number of imide groups is 1. The Morgan fingerprint density at radius 3 is 2.33 bits per heavy atom. The van der Waals surface area contributed by atoms with Crippen molar-refractivity contribution in [1.82, 2.24) is 4.98 Å². The fourth-order valence-electron chi connectivity index (χ4n) is 2.48. The summed E-state index contributed by atoms with van der Waals surface area (Å²) in [5.74, 6) is -0.599. The van der Waals surface area contributed by atoms with Gasteiger partial charge in [-0.3, -0.25) is 9.59 Å². The molecule has 0 bridgehead atoms. The van der Waals surface area contributed by atoms with Crippen LogP contribution in [0.25, 0.3) is 10.2 Å². The second kappa shape index (κ2) is 4.23. The van der Waals surface area contributed by atoms with Crippen LogP contribution in [0.3, 0.4) is 0 Å². The van der Waals surface area contributed by atoms with Crippen LogP contribution in [0.2, 0.25) is 0 Å². The topological polar surface area (TPSA) is 50.3 Å². The summed E-state index contributed by atoms with van der Waals surface area (Å²) >= 11 is 1.36. The zero-order valence-corrected chi connectivity index (χ0v) is 12.0. The molecule has 2 amide bonds. The Morgan fingerprint density at radius 1 is 1.00 bits per heavy atom. The molecule has 1 aliphatic heterocycles. The van der Waals surface area contributed by atoms with E-state index in [2.05, 4.69) is 4.98 Å². The Bertz CT molecular complexity index is 879. The molecule has 0 radical (unpaired) electrons. The number of amides is 2. The fraction of sp³-hybridized carbons (Fsp3) is 0.0625. The van der Waals surface area contributed by atoms with Crippen molar-refractivity contribution < 1.29 is 9.59 Å². The van der Waals surface area contributed by atoms with Crippen LogP contribution in [0, 0.1) is 6.92 Å². The number of aryl methyl sites for hydroxylation is 1. The first kappa shape index (κ1) is 12.2. The molecule has 2 aromatic carbocycles. The molecule has 0 N–H and O–H groups in total. The van der Waals surface area contributed by atoms with Gasteiger partial charge in [0.05, 0.1) is 21.3 Å². The molecule has 0 spiro atoms. The summed E-state index contributed by atoms with van der Waals surface area (Å²) in [5.41, 5.74) is 2.81. The van der Waals surface area contributed by atoms with Crippen molar-refractivity contribution in [3.8, 4) is 0 Å². The van der Waals surface area contributed by atoms with E-state index in [1.165, 1.54) is 16.2 Å². The number of rotatable bonds is 1. The van der Waals surface area contributed by atoms with Crippen LogP contribution in [0.4, 0.5) is 5.13 Å². The van der Waals surface area contributed by atoms with Gasteiger partial charge in [-0.1, -0.05) is 29.5 Å². The van der Waals surface area contributed by atoms with E-state index in [1.54, 1.807) is 24.3 Å². The van der Waals surface area contributed by atoms with Gasteiger partial charge in [-0.25, -0.2) is 9.88 Å². The summed E-state index contributed by atoms with van der Waals surface area (Å²) < 4.78 is 0.974. The van der Waals surface area contributed by atoms with Gasteiger partial charge in [0.1, 0.15) is 0 Å². The SMILES string of the molecule is Cc1ccc2nc(N3C(=O)c4ccccc4C3=O)sc2c1. The average molecular weight is 294 g/mol. The van der Waals surface area contributed by atoms with E-state index in [-0.39, 0.29) is 11.8 Å². The van der Waals surface area contributed by atoms with E-state index in [0.717, 1.165) is 15.8 Å². The van der Waals surface area contributed by atoms with Gasteiger partial charge < -0.3 is 0 Å². The predicted molar refractivity (Wildman–Crippen MR) is 81.9 cm³/mol. The molecule has 0 atom stereocenters. The molecule has 4 rings (SSSR count). The van der Waals surface area contributed by atoms with Crippen molar-refractivity contribution >= 4 is 38.5 Å². The second-order valence-corrected chi connectivity index (χ2v) is 5.97. The van der Waals surface area contributed by atoms with Crippen molar-refractivity contribution in [2.75, 3.05) is 4.90 Å². The lowest BCUT2D eigenvalue weighted by Crippen LogP contribution is -2.29. The zero-order chi connectivity index (χ0) is 14.6. The Morgan fingerprint density at radius 2 is 1.67 bits per heavy atom. The highest BCUT2D eigenvalue weighted by Gasteiger charge is 2.38. The van der Waals surface area contributed by atoms with E-state index in [9.17, 15) is 9.59 Å². The van der Waals surface area contributed by atoms with Crippen LogP contribution >= 0.6 is 11.3 Å². The van der Waals surface area contributed by atoms with Crippen LogP contribution in [0.5, 0.6) is 0 Å². The summed E-state index contributed by atoms with van der Waals surface area (Å²) in [6, 6.07) is 12.7. The summed E-state index contributed by atoms with van der Waals surface area (Å²) in [6.07, 6.45) is 0. The number of carbonyl (C=O) groups excluding carboxylic acids is 2. The lowest BCUT2D eigenvalue weighted by molar-refractivity contribution is 0.0926. The van der Waals surface area contributed by atoms with E-state index < -0.39 is 0 Å². The molecule has 0 fully saturated rings. The average Bonchev–Trinajstić information content (AvgIpc) is 2.99. The summed E-state index contributed by atoms with van der Waals surface area (Å²) in [6.45, 7) is 2.00. The number of hydrogen-bond donors (Lipinski definition) is 0. The van der Waals surface area contributed by atoms with Gasteiger partial charge in [0.15, 0.2) is 0 Å². The van der Waals surface area contributed by atoms with Crippen LogP contribution in [-0.4, -0.2) is 16.8 Å². The number of anilines is 1. The number of thiazole rings is 1. The third-order valence-corrected chi connectivity index (χ3v) is 4.52. The second-order valence-electron chi connectivity index (χ2n) is 4.96. The third-order valence-electron chi connectivity index (χ3n) is 3.52. The standard InChI is InChI=1S/C16H10N2O2S/c1-9-6-7-12-13(8-9)21-16(17-12)18-14(19)10-4-2-3-5-11(10)15(18)20/h2-8H,1H3. The monoisotopic (exact) mass is 294 g/mol. The van der Waals surface area contributed by atoms with Gasteiger partial charge in [0, 0.05) is 0 Å². The van der Waals surface area contributed by atoms with Crippen LogP contribution < -0.4 is 4.90 Å². The van der Waals surface area contributed by atoms with Gasteiger partial charge in [0.2, 0.25) is 5.13 Å². The normalized spacial score (nSPS) is 14.0. The first-order chi connectivity index (χ1) is 10.1. The van der Waals surface area contributed by atoms with Crippen LogP contribution in [0.1, 0.15) is 26.3 Å². The number of aromatic nitrogens is 1. The minimum Gasteiger partial charge on any atom is -0.268 e. The van der Waals surface area contributed by atoms with Crippen molar-refractivity contribution in [2.24, 2.45) is 0 Å². The van der Waals surface area contributed by atoms with E-state index in [0.29, 0.717) is 16.3 Å². The molecule has 2 heterocycles. The van der Waals surface area contributed by atoms with Gasteiger partial charge >= 0.3 is 0 Å². The Hall–Kier alpha value is -2.53. The van der Waals surface area contributed by atoms with Gasteiger partial charge in [-0.15, -0.1) is 0 Å². The largest absolute Gasteiger partial charge is 0.268 e. The van der Waals surface area contributed by atoms with Crippen molar-refractivity contribution in [3.05, 3.63) is 59.2 Å². The molecule has 0 saturated carbocycles. The molecular formula is C16H10N2O2S. The van der Waals surface area contributed by atoms with Crippen LogP contribution in [0.15, 0.2) is 42.5 Å². The molecule has 1 aliphatic rings. The predicted octanol–water partition coefficient (Wildman–Crippen LogP) is 3.41. The van der Waals surface area contributed by atoms with Crippen molar-refractivity contribution in [2.45, 2.75) is 6.92 Å². The molecule has 0 unspecified atom stereocenters. The first-order valence-electron chi connectivity index (χ1n) is 6.50. The van der Waals surface area contributed by atoms with Gasteiger partial charge in [-0.2, -0.15) is 0 Å². The molecule has 5 heteroatoms. The highest BCUT2D eigenvalue weighted by molar-refractivity contribution is 7.22. The molecule has 102 valence electrons. The van der Waals surface area contributed by atoms with Crippen LogP contribution in [-0.2, 0) is 0 Å². The molecular weight excluding hydrogens is 284 g/mol. The smallest absolute Gasteiger partial charge is 0.268 e. The quantitative estimate of drug-likeness (QED) is 0.646. The summed E-state index contributed by atoms with van der Waals surface area (Å²) in [4.78, 5) is 30.4. The molecule has 0 aliphatic carbocycles. The zero-order valence-electron chi connectivity index (χ0n) is 11.2. The molecule has 4 nitrogen and oxygen atoms in total. The minimum atomic E-state index is -0.300. The highest BCUT2D eigenvalue weighted by atomic mass is 32.1. The third kappa shape index (κ3) is 1.71. The lowest BCUT2D eigenvalue weighted by atomic mass is 10.1. The minimum absolute atomic E-state index is 0.300. The number of fused-ring (bicyclic) bond motifs is 2. The fourth-order valence-corrected chi connectivity index (χ4v) is 3.54. The lowest BCUT2D eigenvalue weighted by Gasteiger charge is -2.08. The van der Waals surface area contributed by atoms with E-state index >= 15 is 0 Å². The Labute approximate surface area is 124 Å². The molecule has 21 heavy (non-hydrogen) atoms. The van der Waals surface area contributed by atoms with E-state index in [4.69, 9.17) is 0 Å². The Balaban J connectivity index is 1.86. The highest BCUT2D eigenvalue weighted by Crippen LogP contribution is 2.34. The maximum Gasteiger partial charge on any atom is 0.268 e. The molecule has 3 aromatic rings. The Kier molecular flexibility index (Phi) is 2.46. The molecule has 1 aromatic heterocycles. The van der Waals surface area contributed by atoms with Gasteiger partial charge in [0.25, 0.3) is 11.8 Å². The summed E-state index contributed by atoms with van der Waals surface area (Å²) in [7, 11) is 0. The number of carbonyl (C=O) groups is 2. The van der Waals surface area contributed by atoms with E-state index in [1.807, 2.05) is 25.1 Å². The van der Waals surface area contributed by atoms with Crippen molar-refractivity contribution in [1.29, 1.82) is 0 Å². The number of benzene rings is 2. The number of hydrogen-bond acceptors (Lipinski definition) is 4. The maximum atomic E-state index is 12.4. The van der Waals surface area contributed by atoms with Gasteiger partial charge in [-0.05, 0) is 36.8 Å².